The van der Waals surface area contributed by atoms with Gasteiger partial charge in [-0.05, 0) is 13.3 Å². The van der Waals surface area contributed by atoms with Crippen LogP contribution in [0.15, 0.2) is 0 Å². The molecule has 0 aromatic heterocycles. The van der Waals surface area contributed by atoms with Gasteiger partial charge in [0.2, 0.25) is 5.91 Å². The highest BCUT2D eigenvalue weighted by Gasteiger charge is 2.39. The lowest BCUT2D eigenvalue weighted by Crippen LogP contribution is -2.37. The number of nitrogens with two attached hydrogens (primary N) is 1. The minimum Gasteiger partial charge on any atom is -0.345 e. The second-order valence-electron chi connectivity index (χ2n) is 3.84. The Kier molecular flexibility index (Phi) is 3.16. The Hall–Kier alpha value is -0.620. The molecule has 0 saturated carbocycles. The first kappa shape index (κ1) is 11.5. The van der Waals surface area contributed by atoms with E-state index < -0.39 is 21.1 Å². The number of carbonyl (C=O) groups excluding carboxylic acids is 1. The second-order valence-corrected chi connectivity index (χ2v) is 6.07. The van der Waals surface area contributed by atoms with Crippen molar-refractivity contribution in [3.63, 3.8) is 0 Å². The standard InChI is InChI=1S/C8H16N2O3S/c1-6(9)5-14(12,13)7-3-4-10(2)8(7)11/h6-7H,3-5,9H2,1-2H3. The van der Waals surface area contributed by atoms with Crippen molar-refractivity contribution >= 4 is 15.7 Å². The van der Waals surface area contributed by atoms with Crippen LogP contribution in [0.1, 0.15) is 13.3 Å². The van der Waals surface area contributed by atoms with E-state index in [9.17, 15) is 13.2 Å². The van der Waals surface area contributed by atoms with Gasteiger partial charge in [0.25, 0.3) is 0 Å². The Morgan fingerprint density at radius 3 is 2.57 bits per heavy atom. The Labute approximate surface area is 84.2 Å². The van der Waals surface area contributed by atoms with Crippen molar-refractivity contribution in [1.82, 2.24) is 4.90 Å². The molecule has 1 amide bonds. The molecule has 1 fully saturated rings. The van der Waals surface area contributed by atoms with E-state index in [1.54, 1.807) is 14.0 Å². The van der Waals surface area contributed by atoms with Crippen LogP contribution in [-0.4, -0.2) is 49.9 Å². The van der Waals surface area contributed by atoms with Crippen molar-refractivity contribution in [1.29, 1.82) is 0 Å². The van der Waals surface area contributed by atoms with Crippen LogP contribution < -0.4 is 5.73 Å². The normalized spacial score (nSPS) is 25.5. The molecule has 82 valence electrons. The first-order chi connectivity index (χ1) is 6.34. The molecule has 0 aliphatic carbocycles. The van der Waals surface area contributed by atoms with E-state index in [1.807, 2.05) is 0 Å². The first-order valence-electron chi connectivity index (χ1n) is 4.56. The van der Waals surface area contributed by atoms with Gasteiger partial charge in [-0.3, -0.25) is 4.79 Å². The summed E-state index contributed by atoms with van der Waals surface area (Å²) >= 11 is 0. The monoisotopic (exact) mass is 220 g/mol. The molecule has 1 saturated heterocycles. The molecule has 1 heterocycles. The molecule has 0 spiro atoms. The molecule has 0 radical (unpaired) electrons. The highest BCUT2D eigenvalue weighted by molar-refractivity contribution is 7.92. The van der Waals surface area contributed by atoms with E-state index in [0.717, 1.165) is 0 Å². The number of nitrogens with zero attached hydrogens (tertiary/aromatic N) is 1. The zero-order valence-corrected chi connectivity index (χ0v) is 9.25. The number of carbonyl (C=O) groups is 1. The molecule has 14 heavy (non-hydrogen) atoms. The number of likely N-dealkylation sites (tertiary alicyclic amines) is 1. The molecular formula is C8H16N2O3S. The van der Waals surface area contributed by atoms with E-state index in [4.69, 9.17) is 5.73 Å². The maximum absolute atomic E-state index is 11.7. The molecule has 6 heteroatoms. The smallest absolute Gasteiger partial charge is 0.240 e. The lowest BCUT2D eigenvalue weighted by atomic mass is 10.4. The Morgan fingerprint density at radius 2 is 2.21 bits per heavy atom. The molecular weight excluding hydrogens is 204 g/mol. The molecule has 0 bridgehead atoms. The molecule has 2 atom stereocenters. The van der Waals surface area contributed by atoms with E-state index in [0.29, 0.717) is 13.0 Å². The first-order valence-corrected chi connectivity index (χ1v) is 6.28. The van der Waals surface area contributed by atoms with Crippen molar-refractivity contribution in [3.8, 4) is 0 Å². The Bertz CT molecular complexity index is 323. The van der Waals surface area contributed by atoms with Gasteiger partial charge in [0, 0.05) is 19.6 Å². The average molecular weight is 220 g/mol. The lowest BCUT2D eigenvalue weighted by Gasteiger charge is -2.12. The van der Waals surface area contributed by atoms with Crippen molar-refractivity contribution in [2.75, 3.05) is 19.3 Å². The van der Waals surface area contributed by atoms with Crippen LogP contribution in [0, 0.1) is 0 Å². The highest BCUT2D eigenvalue weighted by Crippen LogP contribution is 2.18. The predicted octanol–water partition coefficient (Wildman–Crippen LogP) is -1.02. The van der Waals surface area contributed by atoms with Gasteiger partial charge in [-0.1, -0.05) is 0 Å². The number of hydrogen-bond donors (Lipinski definition) is 1. The van der Waals surface area contributed by atoms with E-state index in [1.165, 1.54) is 4.90 Å². The summed E-state index contributed by atoms with van der Waals surface area (Å²) in [6.07, 6.45) is 0.393. The van der Waals surface area contributed by atoms with Gasteiger partial charge in [-0.25, -0.2) is 8.42 Å². The Balaban J connectivity index is 2.79. The maximum Gasteiger partial charge on any atom is 0.240 e. The van der Waals surface area contributed by atoms with Gasteiger partial charge in [0.1, 0.15) is 5.25 Å². The van der Waals surface area contributed by atoms with Gasteiger partial charge in [-0.2, -0.15) is 0 Å². The fraction of sp³-hybridized carbons (Fsp3) is 0.875. The summed E-state index contributed by atoms with van der Waals surface area (Å²) in [7, 11) is -1.74. The van der Waals surface area contributed by atoms with Gasteiger partial charge >= 0.3 is 0 Å². The maximum atomic E-state index is 11.7. The minimum absolute atomic E-state index is 0.114. The van der Waals surface area contributed by atoms with E-state index in [-0.39, 0.29) is 11.7 Å². The van der Waals surface area contributed by atoms with Crippen LogP contribution in [0.5, 0.6) is 0 Å². The fourth-order valence-corrected chi connectivity index (χ4v) is 3.52. The van der Waals surface area contributed by atoms with Crippen LogP contribution in [0.3, 0.4) is 0 Å². The summed E-state index contributed by atoms with van der Waals surface area (Å²) in [5.74, 6) is -0.414. The van der Waals surface area contributed by atoms with Crippen LogP contribution in [0.4, 0.5) is 0 Å². The summed E-state index contributed by atoms with van der Waals surface area (Å²) in [5.41, 5.74) is 5.42. The summed E-state index contributed by atoms with van der Waals surface area (Å²) in [5, 5.41) is -0.863. The summed E-state index contributed by atoms with van der Waals surface area (Å²) < 4.78 is 23.3. The second kappa shape index (κ2) is 3.86. The molecule has 2 unspecified atom stereocenters. The van der Waals surface area contributed by atoms with E-state index >= 15 is 0 Å². The van der Waals surface area contributed by atoms with Crippen molar-refractivity contribution in [2.45, 2.75) is 24.6 Å². The van der Waals surface area contributed by atoms with Crippen LogP contribution in [0.2, 0.25) is 0 Å². The van der Waals surface area contributed by atoms with Gasteiger partial charge in [0.05, 0.1) is 5.75 Å². The third-order valence-corrected chi connectivity index (χ3v) is 4.60. The molecule has 1 rings (SSSR count). The minimum atomic E-state index is -3.36. The quantitative estimate of drug-likeness (QED) is 0.660. The largest absolute Gasteiger partial charge is 0.345 e. The third-order valence-electron chi connectivity index (χ3n) is 2.31. The summed E-state index contributed by atoms with van der Waals surface area (Å²) in [6.45, 7) is 2.14. The summed E-state index contributed by atoms with van der Waals surface area (Å²) in [6, 6.07) is -0.418. The molecule has 0 aromatic carbocycles. The fourth-order valence-electron chi connectivity index (χ4n) is 1.61. The summed E-state index contributed by atoms with van der Waals surface area (Å²) in [4.78, 5) is 12.9. The van der Waals surface area contributed by atoms with Crippen molar-refractivity contribution < 1.29 is 13.2 Å². The predicted molar refractivity (Wildman–Crippen MR) is 53.5 cm³/mol. The SMILES string of the molecule is CC(N)CS(=O)(=O)C1CCN(C)C1=O. The topological polar surface area (TPSA) is 80.5 Å². The van der Waals surface area contributed by atoms with Crippen LogP contribution >= 0.6 is 0 Å². The van der Waals surface area contributed by atoms with Crippen molar-refractivity contribution in [2.24, 2.45) is 5.73 Å². The van der Waals surface area contributed by atoms with Crippen LogP contribution in [0.25, 0.3) is 0 Å². The Morgan fingerprint density at radius 1 is 1.64 bits per heavy atom. The lowest BCUT2D eigenvalue weighted by molar-refractivity contribution is -0.126. The van der Waals surface area contributed by atoms with Crippen molar-refractivity contribution in [3.05, 3.63) is 0 Å². The third kappa shape index (κ3) is 2.24. The van der Waals surface area contributed by atoms with E-state index in [2.05, 4.69) is 0 Å². The molecule has 5 nitrogen and oxygen atoms in total. The molecule has 0 aromatic rings. The van der Waals surface area contributed by atoms with Gasteiger partial charge in [0.15, 0.2) is 9.84 Å². The highest BCUT2D eigenvalue weighted by atomic mass is 32.2. The number of rotatable bonds is 3. The average Bonchev–Trinajstić information content (AvgIpc) is 2.30. The molecule has 1 aliphatic heterocycles. The molecule has 1 aliphatic rings. The van der Waals surface area contributed by atoms with Gasteiger partial charge in [-0.15, -0.1) is 0 Å². The van der Waals surface area contributed by atoms with Crippen LogP contribution in [-0.2, 0) is 14.6 Å². The number of sulfone groups is 1. The number of hydrogen-bond acceptors (Lipinski definition) is 4. The zero-order valence-electron chi connectivity index (χ0n) is 8.43. The molecule has 2 N–H and O–H groups in total. The number of amides is 1. The zero-order chi connectivity index (χ0) is 10.9. The van der Waals surface area contributed by atoms with Gasteiger partial charge < -0.3 is 10.6 Å².